The molecule has 102 valence electrons. The number of likely N-dealkylation sites (N-methyl/N-ethyl adjacent to an activating group) is 1. The molecule has 1 aromatic heterocycles. The van der Waals surface area contributed by atoms with Gasteiger partial charge in [0, 0.05) is 12.6 Å². The molecule has 0 aromatic carbocycles. The van der Waals surface area contributed by atoms with Crippen molar-refractivity contribution < 1.29 is 0 Å². The normalized spacial score (nSPS) is 13.1. The summed E-state index contributed by atoms with van der Waals surface area (Å²) < 4.78 is 0. The maximum Gasteiger partial charge on any atom is 0.129 e. The second-order valence-electron chi connectivity index (χ2n) is 5.67. The zero-order valence-electron chi connectivity index (χ0n) is 12.2. The number of nitrogen functional groups attached to an aromatic ring is 1. The molecule has 4 nitrogen and oxygen atoms in total. The van der Waals surface area contributed by atoms with Crippen LogP contribution in [0.25, 0.3) is 0 Å². The highest BCUT2D eigenvalue weighted by atomic mass is 15.1. The van der Waals surface area contributed by atoms with Crippen LogP contribution in [-0.2, 0) is 0 Å². The largest absolute Gasteiger partial charge is 0.397 e. The Balaban J connectivity index is 2.75. The number of hydrogen-bond acceptors (Lipinski definition) is 4. The van der Waals surface area contributed by atoms with E-state index < -0.39 is 0 Å². The average Bonchev–Trinajstić information content (AvgIpc) is 2.20. The van der Waals surface area contributed by atoms with Crippen molar-refractivity contribution in [2.24, 2.45) is 5.92 Å². The third-order valence-electron chi connectivity index (χ3n) is 2.78. The fraction of sp³-hybridized carbons (Fsp3) is 0.643. The van der Waals surface area contributed by atoms with E-state index in [1.54, 1.807) is 6.20 Å². The van der Waals surface area contributed by atoms with E-state index in [1.807, 2.05) is 13.0 Å². The summed E-state index contributed by atoms with van der Waals surface area (Å²) in [5, 5.41) is 3.53. The van der Waals surface area contributed by atoms with Gasteiger partial charge in [-0.3, -0.25) is 0 Å². The van der Waals surface area contributed by atoms with Crippen LogP contribution in [0.5, 0.6) is 0 Å². The summed E-state index contributed by atoms with van der Waals surface area (Å²) in [6, 6.07) is 2.37. The van der Waals surface area contributed by atoms with Gasteiger partial charge in [0.1, 0.15) is 5.82 Å². The molecule has 1 rings (SSSR count). The molecule has 0 aliphatic rings. The van der Waals surface area contributed by atoms with Gasteiger partial charge in [-0.15, -0.1) is 0 Å². The third kappa shape index (κ3) is 4.92. The molecule has 1 atom stereocenters. The lowest BCUT2D eigenvalue weighted by molar-refractivity contribution is 0.356. The van der Waals surface area contributed by atoms with Crippen LogP contribution < -0.4 is 11.1 Å². The van der Waals surface area contributed by atoms with Crippen LogP contribution in [0.1, 0.15) is 25.8 Å². The van der Waals surface area contributed by atoms with Crippen LogP contribution in [0.15, 0.2) is 12.3 Å². The van der Waals surface area contributed by atoms with Gasteiger partial charge in [-0.25, -0.2) is 4.98 Å². The van der Waals surface area contributed by atoms with Crippen LogP contribution in [-0.4, -0.2) is 36.6 Å². The zero-order chi connectivity index (χ0) is 13.7. The molecular formula is C14H26N4. The maximum absolute atomic E-state index is 5.72. The predicted molar refractivity (Wildman–Crippen MR) is 78.8 cm³/mol. The Kier molecular flexibility index (Phi) is 5.41. The monoisotopic (exact) mass is 250 g/mol. The van der Waals surface area contributed by atoms with Gasteiger partial charge in [-0.05, 0) is 45.0 Å². The van der Waals surface area contributed by atoms with E-state index in [9.17, 15) is 0 Å². The first-order valence-electron chi connectivity index (χ1n) is 6.52. The summed E-state index contributed by atoms with van der Waals surface area (Å²) in [6.07, 6.45) is 2.83. The summed E-state index contributed by atoms with van der Waals surface area (Å²) >= 11 is 0. The Morgan fingerprint density at radius 2 is 2.06 bits per heavy atom. The van der Waals surface area contributed by atoms with Crippen LogP contribution in [0.4, 0.5) is 11.5 Å². The van der Waals surface area contributed by atoms with E-state index in [0.717, 1.165) is 24.3 Å². The van der Waals surface area contributed by atoms with Crippen molar-refractivity contribution in [3.05, 3.63) is 17.8 Å². The van der Waals surface area contributed by atoms with Crippen molar-refractivity contribution in [1.29, 1.82) is 0 Å². The SMILES string of the molecule is Cc1cc(N)cnc1NC(CC(C)C)CN(C)C. The molecule has 0 saturated carbocycles. The molecule has 0 radical (unpaired) electrons. The Morgan fingerprint density at radius 3 is 2.56 bits per heavy atom. The number of nitrogens with two attached hydrogens (primary N) is 1. The molecule has 0 spiro atoms. The number of nitrogens with one attached hydrogen (secondary N) is 1. The van der Waals surface area contributed by atoms with Crippen LogP contribution in [0, 0.1) is 12.8 Å². The molecule has 0 bridgehead atoms. The lowest BCUT2D eigenvalue weighted by atomic mass is 10.0. The second-order valence-corrected chi connectivity index (χ2v) is 5.67. The lowest BCUT2D eigenvalue weighted by Gasteiger charge is -2.25. The van der Waals surface area contributed by atoms with Crippen molar-refractivity contribution in [1.82, 2.24) is 9.88 Å². The highest BCUT2D eigenvalue weighted by molar-refractivity contribution is 5.51. The predicted octanol–water partition coefficient (Wildman–Crippen LogP) is 2.36. The molecule has 0 aliphatic heterocycles. The summed E-state index contributed by atoms with van der Waals surface area (Å²) in [5.74, 6) is 1.60. The number of anilines is 2. The van der Waals surface area contributed by atoms with E-state index in [4.69, 9.17) is 5.73 Å². The molecular weight excluding hydrogens is 224 g/mol. The minimum Gasteiger partial charge on any atom is -0.397 e. The van der Waals surface area contributed by atoms with Gasteiger partial charge in [0.05, 0.1) is 11.9 Å². The number of rotatable bonds is 6. The number of aryl methyl sites for hydroxylation is 1. The molecule has 1 aromatic rings. The second kappa shape index (κ2) is 6.59. The minimum atomic E-state index is 0.412. The van der Waals surface area contributed by atoms with Crippen molar-refractivity contribution in [3.8, 4) is 0 Å². The van der Waals surface area contributed by atoms with Gasteiger partial charge in [0.25, 0.3) is 0 Å². The van der Waals surface area contributed by atoms with Crippen LogP contribution in [0.3, 0.4) is 0 Å². The zero-order valence-corrected chi connectivity index (χ0v) is 12.2. The fourth-order valence-corrected chi connectivity index (χ4v) is 2.13. The number of pyridine rings is 1. The van der Waals surface area contributed by atoms with Gasteiger partial charge in [0.15, 0.2) is 0 Å². The Bertz CT molecular complexity index is 364. The first-order chi connectivity index (χ1) is 8.38. The third-order valence-corrected chi connectivity index (χ3v) is 2.78. The molecule has 0 saturated heterocycles. The first kappa shape index (κ1) is 14.8. The molecule has 0 amide bonds. The lowest BCUT2D eigenvalue weighted by Crippen LogP contribution is -2.34. The highest BCUT2D eigenvalue weighted by Crippen LogP contribution is 2.17. The number of hydrogen-bond donors (Lipinski definition) is 2. The van der Waals surface area contributed by atoms with Gasteiger partial charge in [-0.1, -0.05) is 13.8 Å². The van der Waals surface area contributed by atoms with Gasteiger partial charge in [-0.2, -0.15) is 0 Å². The number of aromatic nitrogens is 1. The summed E-state index contributed by atoms with van der Waals surface area (Å²) in [5.41, 5.74) is 7.53. The minimum absolute atomic E-state index is 0.412. The standard InChI is InChI=1S/C14H26N4/c1-10(2)6-13(9-18(4)5)17-14-11(3)7-12(15)8-16-14/h7-8,10,13H,6,9,15H2,1-5H3,(H,16,17). The molecule has 18 heavy (non-hydrogen) atoms. The van der Waals surface area contributed by atoms with Gasteiger partial charge < -0.3 is 16.0 Å². The topological polar surface area (TPSA) is 54.2 Å². The van der Waals surface area contributed by atoms with Crippen molar-refractivity contribution in [3.63, 3.8) is 0 Å². The van der Waals surface area contributed by atoms with Crippen molar-refractivity contribution in [2.75, 3.05) is 31.7 Å². The average molecular weight is 250 g/mol. The van der Waals surface area contributed by atoms with Crippen molar-refractivity contribution >= 4 is 11.5 Å². The molecule has 1 unspecified atom stereocenters. The highest BCUT2D eigenvalue weighted by Gasteiger charge is 2.13. The smallest absolute Gasteiger partial charge is 0.129 e. The first-order valence-corrected chi connectivity index (χ1v) is 6.52. The van der Waals surface area contributed by atoms with Gasteiger partial charge >= 0.3 is 0 Å². The molecule has 4 heteroatoms. The fourth-order valence-electron chi connectivity index (χ4n) is 2.13. The van der Waals surface area contributed by atoms with E-state index in [0.29, 0.717) is 17.6 Å². The van der Waals surface area contributed by atoms with Crippen LogP contribution >= 0.6 is 0 Å². The van der Waals surface area contributed by atoms with E-state index in [-0.39, 0.29) is 0 Å². The van der Waals surface area contributed by atoms with E-state index >= 15 is 0 Å². The van der Waals surface area contributed by atoms with E-state index in [1.165, 1.54) is 0 Å². The number of nitrogens with zero attached hydrogens (tertiary/aromatic N) is 2. The Labute approximate surface area is 111 Å². The molecule has 1 heterocycles. The van der Waals surface area contributed by atoms with Crippen molar-refractivity contribution in [2.45, 2.75) is 33.2 Å². The van der Waals surface area contributed by atoms with Crippen LogP contribution in [0.2, 0.25) is 0 Å². The molecule has 0 fully saturated rings. The Morgan fingerprint density at radius 1 is 1.39 bits per heavy atom. The summed E-state index contributed by atoms with van der Waals surface area (Å²) in [6.45, 7) is 7.53. The quantitative estimate of drug-likeness (QED) is 0.814. The molecule has 3 N–H and O–H groups in total. The van der Waals surface area contributed by atoms with Gasteiger partial charge in [0.2, 0.25) is 0 Å². The molecule has 0 aliphatic carbocycles. The van der Waals surface area contributed by atoms with E-state index in [2.05, 4.69) is 43.1 Å². The maximum atomic E-state index is 5.72. The summed E-state index contributed by atoms with van der Waals surface area (Å²) in [7, 11) is 4.19. The summed E-state index contributed by atoms with van der Waals surface area (Å²) in [4.78, 5) is 6.58. The Hall–Kier alpha value is -1.29.